The molecular weight excluding hydrogens is 563 g/mol. The summed E-state index contributed by atoms with van der Waals surface area (Å²) >= 11 is 7.79. The summed E-state index contributed by atoms with van der Waals surface area (Å²) in [5.41, 5.74) is 6.18. The van der Waals surface area contributed by atoms with Gasteiger partial charge in [0, 0.05) is 56.2 Å². The van der Waals surface area contributed by atoms with Crippen molar-refractivity contribution in [2.45, 2.75) is 19.1 Å². The molecule has 0 aliphatic carbocycles. The molecule has 3 aromatic rings. The molecule has 2 N–H and O–H groups in total. The molecule has 0 saturated carbocycles. The second-order valence-corrected chi connectivity index (χ2v) is 11.3. The summed E-state index contributed by atoms with van der Waals surface area (Å²) < 4.78 is 39.2. The van der Waals surface area contributed by atoms with E-state index in [0.717, 1.165) is 32.3 Å². The zero-order valence-electron chi connectivity index (χ0n) is 22.0. The molecule has 1 aromatic carbocycles. The van der Waals surface area contributed by atoms with Crippen LogP contribution in [0.1, 0.15) is 29.0 Å². The minimum absolute atomic E-state index is 0.211. The van der Waals surface area contributed by atoms with Crippen LogP contribution in [-0.2, 0) is 4.79 Å². The molecule has 13 heteroatoms. The molecule has 4 heterocycles. The Morgan fingerprint density at radius 3 is 2.50 bits per heavy atom. The molecule has 40 heavy (non-hydrogen) atoms. The summed E-state index contributed by atoms with van der Waals surface area (Å²) in [6.07, 6.45) is -2.58. The molecule has 212 valence electrons. The smallest absolute Gasteiger partial charge is 0.311 e. The number of aromatic nitrogens is 1. The lowest BCUT2D eigenvalue weighted by Crippen LogP contribution is -2.50. The SMILES string of the molecule is CC(=O)Nc1cc(-c2cc(C(c3ccc(Cl)cc3)N3CCN(CC(F)(F)F)CC3)c(C3=NCN(C)N3)s2)ccn1. The quantitative estimate of drug-likeness (QED) is 0.409. The van der Waals surface area contributed by atoms with Gasteiger partial charge in [0.2, 0.25) is 5.91 Å². The van der Waals surface area contributed by atoms with E-state index in [0.29, 0.717) is 43.7 Å². The molecule has 1 amide bonds. The number of anilines is 1. The molecule has 1 unspecified atom stereocenters. The number of alkyl halides is 3. The van der Waals surface area contributed by atoms with Crippen LogP contribution < -0.4 is 10.7 Å². The Bertz CT molecular complexity index is 1390. The number of hydrogen-bond donors (Lipinski definition) is 2. The number of aliphatic imine (C=N–C) groups is 1. The number of nitrogens with zero attached hydrogens (tertiary/aromatic N) is 5. The van der Waals surface area contributed by atoms with Crippen molar-refractivity contribution in [2.24, 2.45) is 4.99 Å². The normalized spacial score (nSPS) is 17.9. The van der Waals surface area contributed by atoms with E-state index in [-0.39, 0.29) is 11.9 Å². The van der Waals surface area contributed by atoms with Crippen molar-refractivity contribution in [1.82, 2.24) is 25.2 Å². The van der Waals surface area contributed by atoms with Crippen LogP contribution in [0, 0.1) is 0 Å². The summed E-state index contributed by atoms with van der Waals surface area (Å²) in [7, 11) is 1.91. The van der Waals surface area contributed by atoms with Gasteiger partial charge in [0.15, 0.2) is 5.84 Å². The number of thiophene rings is 1. The first-order valence-corrected chi connectivity index (χ1v) is 13.9. The van der Waals surface area contributed by atoms with Crippen molar-refractivity contribution >= 4 is 40.5 Å². The van der Waals surface area contributed by atoms with Gasteiger partial charge in [0.05, 0.1) is 17.5 Å². The number of benzene rings is 1. The number of rotatable bonds is 7. The lowest BCUT2D eigenvalue weighted by atomic mass is 9.95. The monoisotopic (exact) mass is 591 g/mol. The predicted molar refractivity (Wildman–Crippen MR) is 152 cm³/mol. The van der Waals surface area contributed by atoms with E-state index in [9.17, 15) is 18.0 Å². The highest BCUT2D eigenvalue weighted by molar-refractivity contribution is 7.17. The molecule has 0 radical (unpaired) electrons. The van der Waals surface area contributed by atoms with Crippen LogP contribution in [0.3, 0.4) is 0 Å². The molecule has 5 rings (SSSR count). The molecule has 2 aliphatic rings. The third-order valence-electron chi connectivity index (χ3n) is 6.72. The van der Waals surface area contributed by atoms with Crippen LogP contribution in [0.25, 0.3) is 10.4 Å². The summed E-state index contributed by atoms with van der Waals surface area (Å²) in [5.74, 6) is 0.976. The van der Waals surface area contributed by atoms with Gasteiger partial charge >= 0.3 is 6.18 Å². The largest absolute Gasteiger partial charge is 0.401 e. The fourth-order valence-corrected chi connectivity index (χ4v) is 6.26. The Kier molecular flexibility index (Phi) is 8.43. The third kappa shape index (κ3) is 6.81. The minimum atomic E-state index is -4.23. The first-order chi connectivity index (χ1) is 19.1. The van der Waals surface area contributed by atoms with Crippen LogP contribution in [0.15, 0.2) is 53.7 Å². The van der Waals surface area contributed by atoms with Crippen LogP contribution in [0.2, 0.25) is 5.02 Å². The average molecular weight is 592 g/mol. The van der Waals surface area contributed by atoms with E-state index in [1.165, 1.54) is 11.8 Å². The second-order valence-electron chi connectivity index (χ2n) is 9.85. The highest BCUT2D eigenvalue weighted by atomic mass is 35.5. The summed E-state index contributed by atoms with van der Waals surface area (Å²) in [6, 6.07) is 13.2. The first kappa shape index (κ1) is 28.5. The predicted octanol–water partition coefficient (Wildman–Crippen LogP) is 4.85. The molecule has 1 atom stereocenters. The highest BCUT2D eigenvalue weighted by Crippen LogP contribution is 2.41. The van der Waals surface area contributed by atoms with Crippen molar-refractivity contribution in [2.75, 3.05) is 51.8 Å². The first-order valence-electron chi connectivity index (χ1n) is 12.7. The lowest BCUT2D eigenvalue weighted by molar-refractivity contribution is -0.149. The number of amidine groups is 1. The molecule has 1 saturated heterocycles. The van der Waals surface area contributed by atoms with Crippen LogP contribution in [-0.4, -0.2) is 84.2 Å². The van der Waals surface area contributed by atoms with Gasteiger partial charge in [-0.3, -0.25) is 14.6 Å². The Labute approximate surface area is 239 Å². The zero-order valence-corrected chi connectivity index (χ0v) is 23.6. The highest BCUT2D eigenvalue weighted by Gasteiger charge is 2.35. The van der Waals surface area contributed by atoms with Gasteiger partial charge in [-0.05, 0) is 47.0 Å². The van der Waals surface area contributed by atoms with Gasteiger partial charge in [-0.15, -0.1) is 11.3 Å². The standard InChI is InChI=1S/C27H29ClF3N7OS/c1-17(39)34-23-13-19(7-8-32-23)22-14-21(25(40-22)26-33-16-36(2)35-26)24(18-3-5-20(28)6-4-18)38-11-9-37(10-12-38)15-27(29,30)31/h3-8,13-14,24H,9-12,15-16H2,1-2H3,(H,33,35)(H,32,34,39). The van der Waals surface area contributed by atoms with Crippen LogP contribution >= 0.6 is 22.9 Å². The molecule has 2 aromatic heterocycles. The molecule has 0 spiro atoms. The average Bonchev–Trinajstić information content (AvgIpc) is 3.52. The van der Waals surface area contributed by atoms with Crippen LogP contribution in [0.4, 0.5) is 19.0 Å². The van der Waals surface area contributed by atoms with E-state index < -0.39 is 12.7 Å². The molecule has 1 fully saturated rings. The van der Waals surface area contributed by atoms with Crippen molar-refractivity contribution in [1.29, 1.82) is 0 Å². The molecule has 2 aliphatic heterocycles. The Morgan fingerprint density at radius 2 is 1.88 bits per heavy atom. The van der Waals surface area contributed by atoms with Gasteiger partial charge in [-0.1, -0.05) is 23.7 Å². The van der Waals surface area contributed by atoms with Gasteiger partial charge in [-0.2, -0.15) is 13.2 Å². The number of halogens is 4. The summed E-state index contributed by atoms with van der Waals surface area (Å²) in [5, 5.41) is 5.22. The van der Waals surface area contributed by atoms with Crippen LogP contribution in [0.5, 0.6) is 0 Å². The summed E-state index contributed by atoms with van der Waals surface area (Å²) in [6.45, 7) is 2.56. The number of hydrazine groups is 1. The fourth-order valence-electron chi connectivity index (χ4n) is 4.98. The van der Waals surface area contributed by atoms with Gasteiger partial charge in [0.25, 0.3) is 0 Å². The van der Waals surface area contributed by atoms with Gasteiger partial charge in [-0.25, -0.2) is 15.0 Å². The van der Waals surface area contributed by atoms with E-state index in [2.05, 4.69) is 26.7 Å². The molecular formula is C27H29ClF3N7OS. The summed E-state index contributed by atoms with van der Waals surface area (Å²) in [4.78, 5) is 26.1. The topological polar surface area (TPSA) is 76.1 Å². The minimum Gasteiger partial charge on any atom is -0.311 e. The number of carbonyl (C=O) groups is 1. The maximum absolute atomic E-state index is 13.1. The van der Waals surface area contributed by atoms with Crippen molar-refractivity contribution in [3.8, 4) is 10.4 Å². The lowest BCUT2D eigenvalue weighted by Gasteiger charge is -2.40. The number of piperazine rings is 1. The van der Waals surface area contributed by atoms with Crippen molar-refractivity contribution in [3.05, 3.63) is 69.7 Å². The number of amides is 1. The van der Waals surface area contributed by atoms with E-state index in [1.807, 2.05) is 48.5 Å². The van der Waals surface area contributed by atoms with Crippen molar-refractivity contribution < 1.29 is 18.0 Å². The van der Waals surface area contributed by atoms with Gasteiger partial charge in [0.1, 0.15) is 12.5 Å². The second kappa shape index (κ2) is 11.8. The van der Waals surface area contributed by atoms with Gasteiger partial charge < -0.3 is 10.7 Å². The number of nitrogens with one attached hydrogen (secondary N) is 2. The maximum Gasteiger partial charge on any atom is 0.401 e. The third-order valence-corrected chi connectivity index (χ3v) is 8.18. The number of carbonyl (C=O) groups excluding carboxylic acids is 1. The van der Waals surface area contributed by atoms with E-state index in [4.69, 9.17) is 16.6 Å². The number of hydrogen-bond acceptors (Lipinski definition) is 8. The molecule has 0 bridgehead atoms. The maximum atomic E-state index is 13.1. The zero-order chi connectivity index (χ0) is 28.4. The van der Waals surface area contributed by atoms with Crippen molar-refractivity contribution in [3.63, 3.8) is 0 Å². The van der Waals surface area contributed by atoms with E-state index in [1.54, 1.807) is 17.5 Å². The van der Waals surface area contributed by atoms with E-state index >= 15 is 0 Å². The molecule has 8 nitrogen and oxygen atoms in total. The Balaban J connectivity index is 1.56. The number of pyridine rings is 1. The fraction of sp³-hybridized carbons (Fsp3) is 0.370. The Hall–Kier alpha value is -3.03. The Morgan fingerprint density at radius 1 is 1.15 bits per heavy atom.